The smallest absolute Gasteiger partial charge is 0.340 e. The van der Waals surface area contributed by atoms with Crippen LogP contribution in [0.3, 0.4) is 0 Å². The van der Waals surface area contributed by atoms with Crippen molar-refractivity contribution in [3.63, 3.8) is 0 Å². The molecule has 0 unspecified atom stereocenters. The van der Waals surface area contributed by atoms with E-state index in [4.69, 9.17) is 15.2 Å². The highest BCUT2D eigenvalue weighted by molar-refractivity contribution is 6.05. The number of methoxy groups -OCH3 is 1. The van der Waals surface area contributed by atoms with E-state index >= 15 is 0 Å². The standard InChI is InChI=1S/C22H27N3O5/c1-6-25-13(3)16(20(14(25)4)22(28)30-7-2)9-11-19(26)24-17-12-15(21(23)27)8-10-18(17)29-5/h8-12H,6-7H2,1-5H3,(H2,23,27)(H,24,26). The van der Waals surface area contributed by atoms with Crippen LogP contribution in [0.2, 0.25) is 0 Å². The van der Waals surface area contributed by atoms with Gasteiger partial charge in [-0.1, -0.05) is 0 Å². The molecule has 30 heavy (non-hydrogen) atoms. The molecule has 8 nitrogen and oxygen atoms in total. The number of aromatic nitrogens is 1. The zero-order valence-electron chi connectivity index (χ0n) is 17.9. The molecule has 0 atom stereocenters. The molecule has 0 saturated carbocycles. The summed E-state index contributed by atoms with van der Waals surface area (Å²) in [6.45, 7) is 8.40. The largest absolute Gasteiger partial charge is 0.495 e. The number of carbonyl (C=O) groups is 3. The van der Waals surface area contributed by atoms with Gasteiger partial charge in [-0.05, 0) is 52.0 Å². The van der Waals surface area contributed by atoms with Crippen LogP contribution in [-0.4, -0.2) is 36.1 Å². The van der Waals surface area contributed by atoms with Crippen molar-refractivity contribution in [3.8, 4) is 5.75 Å². The number of benzene rings is 1. The highest BCUT2D eigenvalue weighted by Gasteiger charge is 2.22. The second-order valence-electron chi connectivity index (χ2n) is 6.53. The Morgan fingerprint density at radius 3 is 2.43 bits per heavy atom. The number of amides is 2. The van der Waals surface area contributed by atoms with Crippen molar-refractivity contribution in [2.45, 2.75) is 34.2 Å². The maximum Gasteiger partial charge on any atom is 0.340 e. The van der Waals surface area contributed by atoms with Crippen molar-refractivity contribution in [1.82, 2.24) is 4.57 Å². The Morgan fingerprint density at radius 1 is 1.17 bits per heavy atom. The Bertz CT molecular complexity index is 1000. The first-order chi connectivity index (χ1) is 14.2. The highest BCUT2D eigenvalue weighted by atomic mass is 16.5. The van der Waals surface area contributed by atoms with Gasteiger partial charge in [0.2, 0.25) is 11.8 Å². The fourth-order valence-electron chi connectivity index (χ4n) is 3.34. The molecule has 1 heterocycles. The average Bonchev–Trinajstić information content (AvgIpc) is 2.95. The Kier molecular flexibility index (Phi) is 7.41. The van der Waals surface area contributed by atoms with Gasteiger partial charge in [-0.2, -0.15) is 0 Å². The molecule has 3 N–H and O–H groups in total. The lowest BCUT2D eigenvalue weighted by atomic mass is 10.1. The Balaban J connectivity index is 2.36. The van der Waals surface area contributed by atoms with Crippen LogP contribution in [0.5, 0.6) is 5.75 Å². The van der Waals surface area contributed by atoms with Crippen molar-refractivity contribution in [1.29, 1.82) is 0 Å². The molecular weight excluding hydrogens is 386 g/mol. The topological polar surface area (TPSA) is 113 Å². The van der Waals surface area contributed by atoms with Crippen LogP contribution in [0.4, 0.5) is 5.69 Å². The number of hydrogen-bond acceptors (Lipinski definition) is 5. The molecule has 160 valence electrons. The predicted octanol–water partition coefficient (Wildman–Crippen LogP) is 3.06. The van der Waals surface area contributed by atoms with Crippen LogP contribution in [0.25, 0.3) is 6.08 Å². The Morgan fingerprint density at radius 2 is 1.87 bits per heavy atom. The third-order valence-corrected chi connectivity index (χ3v) is 4.77. The molecule has 1 aromatic heterocycles. The second-order valence-corrected chi connectivity index (χ2v) is 6.53. The van der Waals surface area contributed by atoms with Crippen LogP contribution < -0.4 is 15.8 Å². The second kappa shape index (κ2) is 9.78. The van der Waals surface area contributed by atoms with Crippen molar-refractivity contribution in [2.24, 2.45) is 5.73 Å². The molecule has 2 rings (SSSR count). The zero-order valence-corrected chi connectivity index (χ0v) is 17.9. The number of hydrogen-bond donors (Lipinski definition) is 2. The maximum absolute atomic E-state index is 12.5. The van der Waals surface area contributed by atoms with Crippen LogP contribution in [-0.2, 0) is 16.1 Å². The predicted molar refractivity (Wildman–Crippen MR) is 115 cm³/mol. The van der Waals surface area contributed by atoms with Crippen LogP contribution in [0, 0.1) is 13.8 Å². The molecule has 0 bridgehead atoms. The van der Waals surface area contributed by atoms with Crippen LogP contribution >= 0.6 is 0 Å². The molecule has 1 aromatic carbocycles. The van der Waals surface area contributed by atoms with Crippen molar-refractivity contribution >= 4 is 29.5 Å². The van der Waals surface area contributed by atoms with Gasteiger partial charge in [0, 0.05) is 35.1 Å². The number of nitrogens with zero attached hydrogens (tertiary/aromatic N) is 1. The van der Waals surface area contributed by atoms with Gasteiger partial charge in [-0.25, -0.2) is 4.79 Å². The summed E-state index contributed by atoms with van der Waals surface area (Å²) in [5.41, 5.74) is 8.56. The Labute approximate surface area is 175 Å². The number of primary amides is 1. The molecule has 0 spiro atoms. The third-order valence-electron chi connectivity index (χ3n) is 4.77. The monoisotopic (exact) mass is 413 g/mol. The number of anilines is 1. The summed E-state index contributed by atoms with van der Waals surface area (Å²) in [7, 11) is 1.45. The van der Waals surface area contributed by atoms with Crippen molar-refractivity contribution in [3.05, 3.63) is 52.4 Å². The number of carbonyl (C=O) groups excluding carboxylic acids is 3. The first-order valence-electron chi connectivity index (χ1n) is 9.58. The summed E-state index contributed by atoms with van der Waals surface area (Å²) >= 11 is 0. The van der Waals surface area contributed by atoms with E-state index in [9.17, 15) is 14.4 Å². The molecule has 2 amide bonds. The van der Waals surface area contributed by atoms with Gasteiger partial charge in [-0.3, -0.25) is 9.59 Å². The number of nitrogens with two attached hydrogens (primary N) is 1. The lowest BCUT2D eigenvalue weighted by molar-refractivity contribution is -0.111. The van der Waals surface area contributed by atoms with Crippen LogP contribution in [0.15, 0.2) is 24.3 Å². The van der Waals surface area contributed by atoms with Gasteiger partial charge in [-0.15, -0.1) is 0 Å². The molecule has 0 fully saturated rings. The molecule has 0 aliphatic carbocycles. The third kappa shape index (κ3) is 4.71. The van der Waals surface area contributed by atoms with Crippen LogP contribution in [0.1, 0.15) is 51.5 Å². The van der Waals surface area contributed by atoms with E-state index in [1.807, 2.05) is 25.3 Å². The van der Waals surface area contributed by atoms with E-state index in [0.29, 0.717) is 29.1 Å². The quantitative estimate of drug-likeness (QED) is 0.510. The summed E-state index contributed by atoms with van der Waals surface area (Å²) in [6, 6.07) is 4.50. The van der Waals surface area contributed by atoms with Gasteiger partial charge in [0.1, 0.15) is 5.75 Å². The summed E-state index contributed by atoms with van der Waals surface area (Å²) in [5.74, 6) is -1.11. The molecule has 8 heteroatoms. The molecule has 0 aliphatic rings. The summed E-state index contributed by atoms with van der Waals surface area (Å²) in [6.07, 6.45) is 2.90. The normalized spacial score (nSPS) is 10.8. The number of esters is 1. The minimum atomic E-state index is -0.616. The lowest BCUT2D eigenvalue weighted by Gasteiger charge is -2.10. The van der Waals surface area contributed by atoms with Gasteiger partial charge in [0.15, 0.2) is 0 Å². The lowest BCUT2D eigenvalue weighted by Crippen LogP contribution is -2.13. The van der Waals surface area contributed by atoms with E-state index in [-0.39, 0.29) is 12.2 Å². The molecular formula is C22H27N3O5. The summed E-state index contributed by atoms with van der Waals surface area (Å²) in [4.78, 5) is 36.4. The van der Waals surface area contributed by atoms with Gasteiger partial charge >= 0.3 is 5.97 Å². The number of rotatable bonds is 8. The maximum atomic E-state index is 12.5. The SMILES string of the molecule is CCOC(=O)c1c(C=CC(=O)Nc2cc(C(N)=O)ccc2OC)c(C)n(CC)c1C. The van der Waals surface area contributed by atoms with E-state index in [1.165, 1.54) is 25.3 Å². The number of ether oxygens (including phenoxy) is 2. The Hall–Kier alpha value is -3.55. The van der Waals surface area contributed by atoms with E-state index in [0.717, 1.165) is 11.4 Å². The van der Waals surface area contributed by atoms with Gasteiger partial charge in [0.05, 0.1) is 25.0 Å². The van der Waals surface area contributed by atoms with Crippen molar-refractivity contribution in [2.75, 3.05) is 19.0 Å². The summed E-state index contributed by atoms with van der Waals surface area (Å²) in [5, 5.41) is 2.67. The minimum absolute atomic E-state index is 0.242. The van der Waals surface area contributed by atoms with Gasteiger partial charge in [0.25, 0.3) is 0 Å². The van der Waals surface area contributed by atoms with E-state index in [1.54, 1.807) is 19.1 Å². The fraction of sp³-hybridized carbons (Fsp3) is 0.318. The highest BCUT2D eigenvalue weighted by Crippen LogP contribution is 2.27. The molecule has 0 radical (unpaired) electrons. The number of nitrogens with one attached hydrogen (secondary N) is 1. The van der Waals surface area contributed by atoms with Crippen molar-refractivity contribution < 1.29 is 23.9 Å². The first kappa shape index (κ1) is 22.7. The zero-order chi connectivity index (χ0) is 22.4. The fourth-order valence-corrected chi connectivity index (χ4v) is 3.34. The van der Waals surface area contributed by atoms with E-state index < -0.39 is 17.8 Å². The van der Waals surface area contributed by atoms with Gasteiger partial charge < -0.3 is 25.1 Å². The summed E-state index contributed by atoms with van der Waals surface area (Å²) < 4.78 is 12.4. The first-order valence-corrected chi connectivity index (χ1v) is 9.58. The van der Waals surface area contributed by atoms with E-state index in [2.05, 4.69) is 5.32 Å². The molecule has 2 aromatic rings. The average molecular weight is 413 g/mol. The molecule has 0 aliphatic heterocycles. The molecule has 0 saturated heterocycles. The minimum Gasteiger partial charge on any atom is -0.495 e.